The van der Waals surface area contributed by atoms with Crippen molar-refractivity contribution in [3.8, 4) is 0 Å². The summed E-state index contributed by atoms with van der Waals surface area (Å²) in [6.07, 6.45) is 3.13. The number of rotatable bonds is 7. The maximum absolute atomic E-state index is 14.1. The molecular formula is C25H26ClFN2O3. The molecule has 4 rings (SSSR count). The molecule has 7 heteroatoms. The van der Waals surface area contributed by atoms with E-state index in [1.54, 1.807) is 22.8 Å². The number of fused-ring (bicyclic) bond motifs is 3. The quantitative estimate of drug-likeness (QED) is 0.552. The van der Waals surface area contributed by atoms with Crippen LogP contribution in [0.3, 0.4) is 0 Å². The molecule has 3 aromatic rings. The first-order valence-electron chi connectivity index (χ1n) is 10.9. The van der Waals surface area contributed by atoms with Crippen LogP contribution >= 0.6 is 11.6 Å². The van der Waals surface area contributed by atoms with Crippen LogP contribution in [0.2, 0.25) is 5.02 Å². The molecular weight excluding hydrogens is 431 g/mol. The van der Waals surface area contributed by atoms with Gasteiger partial charge in [-0.1, -0.05) is 30.7 Å². The zero-order valence-corrected chi connectivity index (χ0v) is 18.7. The number of hydrogen-bond acceptors (Lipinski definition) is 2. The summed E-state index contributed by atoms with van der Waals surface area (Å²) in [4.78, 5) is 26.6. The van der Waals surface area contributed by atoms with Crippen molar-refractivity contribution < 1.29 is 19.1 Å². The smallest absolute Gasteiger partial charge is 0.323 e. The van der Waals surface area contributed by atoms with Crippen LogP contribution in [-0.4, -0.2) is 39.0 Å². The highest BCUT2D eigenvalue weighted by Crippen LogP contribution is 2.34. The zero-order chi connectivity index (χ0) is 22.8. The number of carbonyl (C=O) groups excluding carboxylic acids is 1. The highest BCUT2D eigenvalue weighted by Gasteiger charge is 2.31. The van der Waals surface area contributed by atoms with Gasteiger partial charge in [0.05, 0.1) is 6.42 Å². The Morgan fingerprint density at radius 2 is 1.97 bits per heavy atom. The standard InChI is InChI=1S/C25H26ClFN2O3/c1-2-11-28(24(30)12-16-3-5-17(26)6-4-16)19-8-10-23-21(14-19)20-13-18(27)7-9-22(20)29(23)15-25(31)32/h3-7,9,13,19H,2,8,10-12,14-15H2,1H3,(H,31,32). The highest BCUT2D eigenvalue weighted by molar-refractivity contribution is 6.30. The summed E-state index contributed by atoms with van der Waals surface area (Å²) >= 11 is 5.96. The number of hydrogen-bond donors (Lipinski definition) is 1. The van der Waals surface area contributed by atoms with E-state index in [2.05, 4.69) is 0 Å². The number of amides is 1. The monoisotopic (exact) mass is 456 g/mol. The van der Waals surface area contributed by atoms with E-state index >= 15 is 0 Å². The Balaban J connectivity index is 1.64. The molecule has 0 spiro atoms. The molecule has 1 N–H and O–H groups in total. The molecule has 0 saturated carbocycles. The van der Waals surface area contributed by atoms with Gasteiger partial charge in [0, 0.05) is 34.2 Å². The zero-order valence-electron chi connectivity index (χ0n) is 18.0. The van der Waals surface area contributed by atoms with E-state index in [-0.39, 0.29) is 24.3 Å². The van der Waals surface area contributed by atoms with Crippen LogP contribution in [0.25, 0.3) is 10.9 Å². The fourth-order valence-corrected chi connectivity index (χ4v) is 4.94. The Bertz CT molecular complexity index is 1160. The number of aliphatic carboxylic acids is 1. The summed E-state index contributed by atoms with van der Waals surface area (Å²) in [6, 6.07) is 11.8. The Labute approximate surface area is 191 Å². The lowest BCUT2D eigenvalue weighted by Gasteiger charge is -2.35. The Morgan fingerprint density at radius 1 is 1.22 bits per heavy atom. The predicted molar refractivity (Wildman–Crippen MR) is 123 cm³/mol. The van der Waals surface area contributed by atoms with Crippen molar-refractivity contribution in [1.29, 1.82) is 0 Å². The summed E-state index contributed by atoms with van der Waals surface area (Å²) in [6.45, 7) is 2.54. The van der Waals surface area contributed by atoms with Gasteiger partial charge in [-0.3, -0.25) is 9.59 Å². The lowest BCUT2D eigenvalue weighted by molar-refractivity contribution is -0.137. The van der Waals surface area contributed by atoms with Crippen LogP contribution in [0.4, 0.5) is 4.39 Å². The van der Waals surface area contributed by atoms with Crippen LogP contribution < -0.4 is 0 Å². The molecule has 1 atom stereocenters. The predicted octanol–water partition coefficient (Wildman–Crippen LogP) is 4.86. The molecule has 2 aromatic carbocycles. The van der Waals surface area contributed by atoms with E-state index in [0.717, 1.165) is 40.6 Å². The minimum Gasteiger partial charge on any atom is -0.480 e. The third-order valence-corrected chi connectivity index (χ3v) is 6.44. The van der Waals surface area contributed by atoms with Crippen molar-refractivity contribution in [3.63, 3.8) is 0 Å². The molecule has 168 valence electrons. The Hall–Kier alpha value is -2.86. The second kappa shape index (κ2) is 9.33. The van der Waals surface area contributed by atoms with Gasteiger partial charge in [0.15, 0.2) is 0 Å². The second-order valence-corrected chi connectivity index (χ2v) is 8.79. The molecule has 32 heavy (non-hydrogen) atoms. The van der Waals surface area contributed by atoms with E-state index in [1.807, 2.05) is 24.0 Å². The molecule has 1 aliphatic rings. The van der Waals surface area contributed by atoms with E-state index < -0.39 is 5.97 Å². The largest absolute Gasteiger partial charge is 0.480 e. The minimum absolute atomic E-state index is 0.00519. The van der Waals surface area contributed by atoms with Gasteiger partial charge < -0.3 is 14.6 Å². The maximum atomic E-state index is 14.1. The first-order chi connectivity index (χ1) is 15.4. The summed E-state index contributed by atoms with van der Waals surface area (Å²) in [7, 11) is 0. The molecule has 0 radical (unpaired) electrons. The second-order valence-electron chi connectivity index (χ2n) is 8.35. The summed E-state index contributed by atoms with van der Waals surface area (Å²) in [5, 5.41) is 10.8. The molecule has 0 bridgehead atoms. The van der Waals surface area contributed by atoms with E-state index in [0.29, 0.717) is 30.8 Å². The van der Waals surface area contributed by atoms with Gasteiger partial charge in [0.25, 0.3) is 0 Å². The maximum Gasteiger partial charge on any atom is 0.323 e. The number of benzene rings is 2. The molecule has 1 aromatic heterocycles. The van der Waals surface area contributed by atoms with Gasteiger partial charge in [-0.15, -0.1) is 0 Å². The summed E-state index contributed by atoms with van der Waals surface area (Å²) < 4.78 is 15.8. The van der Waals surface area contributed by atoms with E-state index in [9.17, 15) is 19.1 Å². The molecule has 0 saturated heterocycles. The number of carboxylic acid groups (broad SMARTS) is 1. The van der Waals surface area contributed by atoms with E-state index in [1.165, 1.54) is 12.1 Å². The SMILES string of the molecule is CCCN(C(=O)Cc1ccc(Cl)cc1)C1CCc2c(c3cc(F)ccc3n2CC(=O)O)C1. The molecule has 5 nitrogen and oxygen atoms in total. The van der Waals surface area contributed by atoms with Crippen LogP contribution in [0.15, 0.2) is 42.5 Å². The first-order valence-corrected chi connectivity index (χ1v) is 11.3. The minimum atomic E-state index is -0.929. The van der Waals surface area contributed by atoms with Gasteiger partial charge in [-0.25, -0.2) is 4.39 Å². The number of nitrogens with zero attached hydrogens (tertiary/aromatic N) is 2. The lowest BCUT2D eigenvalue weighted by Crippen LogP contribution is -2.44. The molecule has 1 aliphatic carbocycles. The van der Waals surface area contributed by atoms with Gasteiger partial charge in [-0.2, -0.15) is 0 Å². The average molecular weight is 457 g/mol. The third-order valence-electron chi connectivity index (χ3n) is 6.19. The third kappa shape index (κ3) is 4.51. The van der Waals surface area contributed by atoms with Crippen molar-refractivity contribution in [2.24, 2.45) is 0 Å². The van der Waals surface area contributed by atoms with Crippen LogP contribution in [0, 0.1) is 5.82 Å². The highest BCUT2D eigenvalue weighted by atomic mass is 35.5. The van der Waals surface area contributed by atoms with E-state index in [4.69, 9.17) is 11.6 Å². The Kier molecular flexibility index (Phi) is 6.51. The van der Waals surface area contributed by atoms with Crippen molar-refractivity contribution in [3.05, 3.63) is 70.1 Å². The first kappa shape index (κ1) is 22.3. The number of carbonyl (C=O) groups is 2. The topological polar surface area (TPSA) is 62.5 Å². The molecule has 1 heterocycles. The molecule has 1 unspecified atom stereocenters. The van der Waals surface area contributed by atoms with Crippen LogP contribution in [0.1, 0.15) is 36.6 Å². The average Bonchev–Trinajstić information content (AvgIpc) is 3.05. The normalized spacial score (nSPS) is 15.5. The van der Waals surface area contributed by atoms with Crippen molar-refractivity contribution in [2.75, 3.05) is 6.54 Å². The molecule has 0 aliphatic heterocycles. The summed E-state index contributed by atoms with van der Waals surface area (Å²) in [5.74, 6) is -1.22. The van der Waals surface area contributed by atoms with Crippen LogP contribution in [0.5, 0.6) is 0 Å². The van der Waals surface area contributed by atoms with Crippen LogP contribution in [-0.2, 0) is 35.4 Å². The van der Waals surface area contributed by atoms with Gasteiger partial charge in [-0.05, 0) is 67.1 Å². The fourth-order valence-electron chi connectivity index (χ4n) is 4.82. The number of halogens is 2. The molecule has 1 amide bonds. The van der Waals surface area contributed by atoms with Crippen molar-refractivity contribution in [1.82, 2.24) is 9.47 Å². The van der Waals surface area contributed by atoms with Gasteiger partial charge in [0.1, 0.15) is 12.4 Å². The van der Waals surface area contributed by atoms with Crippen molar-refractivity contribution >= 4 is 34.4 Å². The molecule has 0 fully saturated rings. The van der Waals surface area contributed by atoms with Gasteiger partial charge in [0.2, 0.25) is 5.91 Å². The Morgan fingerprint density at radius 3 is 2.66 bits per heavy atom. The summed E-state index contributed by atoms with van der Waals surface area (Å²) in [5.41, 5.74) is 3.54. The number of carboxylic acids is 1. The fraction of sp³-hybridized carbons (Fsp3) is 0.360. The van der Waals surface area contributed by atoms with Gasteiger partial charge >= 0.3 is 5.97 Å². The number of aromatic nitrogens is 1. The van der Waals surface area contributed by atoms with Crippen molar-refractivity contribution in [2.45, 2.75) is 51.6 Å². The lowest BCUT2D eigenvalue weighted by atomic mass is 9.89.